The number of pyridine rings is 1. The lowest BCUT2D eigenvalue weighted by Crippen LogP contribution is -2.17. The van der Waals surface area contributed by atoms with Crippen LogP contribution in [-0.2, 0) is 0 Å². The molecule has 0 aliphatic rings. The summed E-state index contributed by atoms with van der Waals surface area (Å²) in [5.74, 6) is -0.529. The molecule has 0 atom stereocenters. The summed E-state index contributed by atoms with van der Waals surface area (Å²) in [6, 6.07) is 3.23. The Labute approximate surface area is 149 Å². The van der Waals surface area contributed by atoms with Crippen molar-refractivity contribution in [2.75, 3.05) is 17.2 Å². The van der Waals surface area contributed by atoms with E-state index in [9.17, 15) is 9.18 Å². The first-order chi connectivity index (χ1) is 12.0. The van der Waals surface area contributed by atoms with Gasteiger partial charge in [0.2, 0.25) is 5.95 Å². The summed E-state index contributed by atoms with van der Waals surface area (Å²) in [5, 5.41) is 5.90. The second-order valence-electron chi connectivity index (χ2n) is 4.87. The van der Waals surface area contributed by atoms with Crippen LogP contribution in [0.4, 0.5) is 16.2 Å². The largest absolute Gasteiger partial charge is 0.365 e. The average Bonchev–Trinajstić information content (AvgIpc) is 2.60. The number of rotatable bonds is 7. The number of aromatic nitrogens is 3. The van der Waals surface area contributed by atoms with E-state index in [-0.39, 0.29) is 12.5 Å². The van der Waals surface area contributed by atoms with E-state index in [1.165, 1.54) is 24.5 Å². The number of halogens is 2. The molecule has 0 unspecified atom stereocenters. The molecule has 25 heavy (non-hydrogen) atoms. The van der Waals surface area contributed by atoms with Gasteiger partial charge in [0, 0.05) is 12.7 Å². The maximum atomic E-state index is 12.6. The van der Waals surface area contributed by atoms with Crippen molar-refractivity contribution in [2.45, 2.75) is 0 Å². The molecular formula is C17H15ClFN5O. The van der Waals surface area contributed by atoms with E-state index in [0.29, 0.717) is 22.0 Å². The molecule has 0 fully saturated rings. The minimum Gasteiger partial charge on any atom is -0.365 e. The summed E-state index contributed by atoms with van der Waals surface area (Å²) in [6.45, 7) is 7.18. The molecule has 128 valence electrons. The molecule has 2 aromatic heterocycles. The van der Waals surface area contributed by atoms with Crippen molar-refractivity contribution in [1.29, 1.82) is 0 Å². The van der Waals surface area contributed by atoms with Gasteiger partial charge < -0.3 is 5.32 Å². The highest BCUT2D eigenvalue weighted by atomic mass is 35.5. The van der Waals surface area contributed by atoms with Gasteiger partial charge in [0.1, 0.15) is 11.6 Å². The lowest BCUT2D eigenvalue weighted by atomic mass is 10.2. The summed E-state index contributed by atoms with van der Waals surface area (Å²) in [5.41, 5.74) is 0.893. The molecule has 2 N–H and O–H groups in total. The molecule has 2 aromatic rings. The number of anilines is 2. The fourth-order valence-electron chi connectivity index (χ4n) is 1.74. The fourth-order valence-corrected chi connectivity index (χ4v) is 1.84. The van der Waals surface area contributed by atoms with Crippen LogP contribution in [0.25, 0.3) is 0 Å². The topological polar surface area (TPSA) is 79.8 Å². The maximum Gasteiger partial charge on any atom is 0.261 e. The summed E-state index contributed by atoms with van der Waals surface area (Å²) in [6.07, 6.45) is 6.98. The Hall–Kier alpha value is -3.06. The number of amides is 1. The van der Waals surface area contributed by atoms with E-state index in [1.807, 2.05) is 0 Å². The predicted molar refractivity (Wildman–Crippen MR) is 96.2 cm³/mol. The van der Waals surface area contributed by atoms with Gasteiger partial charge in [0.25, 0.3) is 5.91 Å². The highest BCUT2D eigenvalue weighted by molar-refractivity contribution is 6.30. The standard InChI is InChI=1S/C17H15ClFN5O/c1-11(5-6-12(2)19)8-21-15-14(4-3-7-20-15)16(25)24-17-22-9-13(18)10-23-17/h3-7,9-10H,1-2,8H2,(H,20,21)(H,22,23,24,25)/b6-5-. The van der Waals surface area contributed by atoms with Crippen LogP contribution in [0.5, 0.6) is 0 Å². The first-order valence-electron chi connectivity index (χ1n) is 7.14. The molecule has 0 aromatic carbocycles. The number of carbonyl (C=O) groups excluding carboxylic acids is 1. The van der Waals surface area contributed by atoms with Crippen LogP contribution >= 0.6 is 11.6 Å². The van der Waals surface area contributed by atoms with Crippen molar-refractivity contribution in [3.63, 3.8) is 0 Å². The van der Waals surface area contributed by atoms with Gasteiger partial charge >= 0.3 is 0 Å². The van der Waals surface area contributed by atoms with Crippen LogP contribution in [0.15, 0.2) is 67.4 Å². The molecule has 0 radical (unpaired) electrons. The van der Waals surface area contributed by atoms with Crippen molar-refractivity contribution in [3.8, 4) is 0 Å². The Morgan fingerprint density at radius 1 is 1.24 bits per heavy atom. The van der Waals surface area contributed by atoms with Gasteiger partial charge in [-0.25, -0.2) is 19.3 Å². The van der Waals surface area contributed by atoms with Gasteiger partial charge in [-0.05, 0) is 23.8 Å². The second-order valence-corrected chi connectivity index (χ2v) is 5.31. The van der Waals surface area contributed by atoms with E-state index < -0.39 is 11.7 Å². The molecule has 0 bridgehead atoms. The lowest BCUT2D eigenvalue weighted by Gasteiger charge is -2.10. The third-order valence-electron chi connectivity index (χ3n) is 2.88. The summed E-state index contributed by atoms with van der Waals surface area (Å²) >= 11 is 5.71. The molecule has 0 aliphatic heterocycles. The van der Waals surface area contributed by atoms with Crippen LogP contribution in [0.2, 0.25) is 5.02 Å². The molecule has 2 rings (SSSR count). The number of nitrogens with one attached hydrogen (secondary N) is 2. The molecule has 0 saturated heterocycles. The van der Waals surface area contributed by atoms with Crippen molar-refractivity contribution in [3.05, 3.63) is 78.0 Å². The Morgan fingerprint density at radius 2 is 1.96 bits per heavy atom. The summed E-state index contributed by atoms with van der Waals surface area (Å²) in [7, 11) is 0. The predicted octanol–water partition coefficient (Wildman–Crippen LogP) is 3.78. The Kier molecular flexibility index (Phi) is 6.36. The first kappa shape index (κ1) is 18.3. The Morgan fingerprint density at radius 3 is 2.64 bits per heavy atom. The molecule has 6 nitrogen and oxygen atoms in total. The van der Waals surface area contributed by atoms with Crippen LogP contribution in [0.3, 0.4) is 0 Å². The van der Waals surface area contributed by atoms with Crippen molar-refractivity contribution >= 4 is 29.3 Å². The van der Waals surface area contributed by atoms with Crippen molar-refractivity contribution < 1.29 is 9.18 Å². The van der Waals surface area contributed by atoms with E-state index in [2.05, 4.69) is 38.7 Å². The van der Waals surface area contributed by atoms with Gasteiger partial charge in [0.15, 0.2) is 0 Å². The van der Waals surface area contributed by atoms with Gasteiger partial charge in [-0.1, -0.05) is 30.8 Å². The van der Waals surface area contributed by atoms with Crippen LogP contribution in [-0.4, -0.2) is 27.4 Å². The van der Waals surface area contributed by atoms with Gasteiger partial charge in [-0.3, -0.25) is 10.1 Å². The van der Waals surface area contributed by atoms with E-state index in [1.54, 1.807) is 18.3 Å². The normalized spacial score (nSPS) is 10.5. The number of carbonyl (C=O) groups is 1. The molecule has 1 amide bonds. The third-order valence-corrected chi connectivity index (χ3v) is 3.08. The molecule has 0 saturated carbocycles. The minimum absolute atomic E-state index is 0.123. The number of hydrogen-bond donors (Lipinski definition) is 2. The summed E-state index contributed by atoms with van der Waals surface area (Å²) in [4.78, 5) is 24.3. The van der Waals surface area contributed by atoms with Crippen molar-refractivity contribution in [2.24, 2.45) is 0 Å². The molecule has 2 heterocycles. The highest BCUT2D eigenvalue weighted by Crippen LogP contribution is 2.14. The molecule has 8 heteroatoms. The zero-order valence-electron chi connectivity index (χ0n) is 13.2. The third kappa shape index (κ3) is 5.82. The minimum atomic E-state index is -0.568. The quantitative estimate of drug-likeness (QED) is 0.735. The maximum absolute atomic E-state index is 12.6. The SMILES string of the molecule is C=C(F)/C=C\C(=C)CNc1ncccc1C(=O)Nc1ncc(Cl)cn1. The first-order valence-corrected chi connectivity index (χ1v) is 7.51. The van der Waals surface area contributed by atoms with Gasteiger partial charge in [-0.2, -0.15) is 0 Å². The van der Waals surface area contributed by atoms with Crippen LogP contribution in [0.1, 0.15) is 10.4 Å². The van der Waals surface area contributed by atoms with Gasteiger partial charge in [-0.15, -0.1) is 0 Å². The monoisotopic (exact) mass is 359 g/mol. The van der Waals surface area contributed by atoms with E-state index in [4.69, 9.17) is 11.6 Å². The zero-order chi connectivity index (χ0) is 18.2. The Balaban J connectivity index is 2.06. The van der Waals surface area contributed by atoms with E-state index >= 15 is 0 Å². The van der Waals surface area contributed by atoms with Gasteiger partial charge in [0.05, 0.1) is 23.0 Å². The molecule has 0 spiro atoms. The lowest BCUT2D eigenvalue weighted by molar-refractivity contribution is 0.102. The average molecular weight is 360 g/mol. The zero-order valence-corrected chi connectivity index (χ0v) is 13.9. The number of nitrogens with zero attached hydrogens (tertiary/aromatic N) is 3. The van der Waals surface area contributed by atoms with Crippen molar-refractivity contribution in [1.82, 2.24) is 15.0 Å². The highest BCUT2D eigenvalue weighted by Gasteiger charge is 2.13. The summed E-state index contributed by atoms with van der Waals surface area (Å²) < 4.78 is 12.6. The second kappa shape index (κ2) is 8.70. The molecular weight excluding hydrogens is 345 g/mol. The molecule has 0 aliphatic carbocycles. The van der Waals surface area contributed by atoms with Crippen LogP contribution in [0, 0.1) is 0 Å². The van der Waals surface area contributed by atoms with Crippen LogP contribution < -0.4 is 10.6 Å². The van der Waals surface area contributed by atoms with E-state index in [0.717, 1.165) is 0 Å². The number of hydrogen-bond acceptors (Lipinski definition) is 5. The smallest absolute Gasteiger partial charge is 0.261 e. The number of allylic oxidation sites excluding steroid dienone is 2. The Bertz CT molecular complexity index is 820. The fraction of sp³-hybridized carbons (Fsp3) is 0.0588.